The second-order valence-electron chi connectivity index (χ2n) is 9.40. The molecule has 0 fully saturated rings. The number of carbonyl (C=O) groups excluding carboxylic acids is 2. The predicted octanol–water partition coefficient (Wildman–Crippen LogP) is 5.99. The summed E-state index contributed by atoms with van der Waals surface area (Å²) < 4.78 is 20.0. The van der Waals surface area contributed by atoms with Gasteiger partial charge in [-0.2, -0.15) is 0 Å². The molecule has 2 aromatic carbocycles. The summed E-state index contributed by atoms with van der Waals surface area (Å²) in [5.74, 6) is -0.294. The van der Waals surface area contributed by atoms with E-state index in [2.05, 4.69) is 48.9 Å². The Bertz CT molecular complexity index is 957. The number of nitrogens with one attached hydrogen (secondary N) is 1. The first-order chi connectivity index (χ1) is 16.1. The molecule has 0 heterocycles. The zero-order valence-electron chi connectivity index (χ0n) is 20.8. The fraction of sp³-hybridized carbons (Fsp3) is 0.481. The lowest BCUT2D eigenvalue weighted by Gasteiger charge is -2.30. The van der Waals surface area contributed by atoms with Gasteiger partial charge in [0.2, 0.25) is 5.91 Å². The van der Waals surface area contributed by atoms with Crippen molar-refractivity contribution in [3.05, 3.63) is 63.9 Å². The number of halogens is 2. The molecular weight excluding hydrogens is 499 g/mol. The van der Waals surface area contributed by atoms with E-state index in [1.807, 2.05) is 25.1 Å². The number of nitrogens with zero attached hydrogens (tertiary/aromatic N) is 1. The van der Waals surface area contributed by atoms with Crippen molar-refractivity contribution in [2.75, 3.05) is 13.2 Å². The number of benzene rings is 2. The molecule has 186 valence electrons. The third kappa shape index (κ3) is 8.12. The molecule has 34 heavy (non-hydrogen) atoms. The average Bonchev–Trinajstić information content (AvgIpc) is 2.78. The van der Waals surface area contributed by atoms with Crippen LogP contribution in [-0.4, -0.2) is 35.9 Å². The molecule has 7 heteroatoms. The first-order valence-corrected chi connectivity index (χ1v) is 12.6. The summed E-state index contributed by atoms with van der Waals surface area (Å²) in [5.41, 5.74) is 1.87. The monoisotopic (exact) mass is 534 g/mol. The maximum atomic E-state index is 13.4. The van der Waals surface area contributed by atoms with Crippen LogP contribution in [0.25, 0.3) is 0 Å². The Labute approximate surface area is 211 Å². The summed E-state index contributed by atoms with van der Waals surface area (Å²) in [6, 6.07) is 11.1. The molecule has 0 saturated heterocycles. The highest BCUT2D eigenvalue weighted by Crippen LogP contribution is 2.31. The molecule has 0 bridgehead atoms. The highest BCUT2D eigenvalue weighted by atomic mass is 79.9. The van der Waals surface area contributed by atoms with Crippen LogP contribution < -0.4 is 10.1 Å². The van der Waals surface area contributed by atoms with Crippen molar-refractivity contribution in [1.82, 2.24) is 10.2 Å². The van der Waals surface area contributed by atoms with Crippen LogP contribution in [0.4, 0.5) is 4.39 Å². The minimum absolute atomic E-state index is 0.0116. The van der Waals surface area contributed by atoms with E-state index in [9.17, 15) is 14.0 Å². The van der Waals surface area contributed by atoms with Crippen molar-refractivity contribution in [3.63, 3.8) is 0 Å². The van der Waals surface area contributed by atoms with Crippen LogP contribution in [-0.2, 0) is 21.5 Å². The zero-order valence-corrected chi connectivity index (χ0v) is 22.4. The van der Waals surface area contributed by atoms with Crippen molar-refractivity contribution in [1.29, 1.82) is 0 Å². The largest absolute Gasteiger partial charge is 0.483 e. The highest BCUT2D eigenvalue weighted by molar-refractivity contribution is 9.10. The average molecular weight is 535 g/mol. The number of amides is 2. The standard InChI is InChI=1S/C27H36BrFN2O3/c1-6-8-15-30-26(33)23(7-2)31(17-19-9-12-21(29)13-10-19)25(32)18-34-24-14-11-20(16-22(24)28)27(3,4)5/h9-14,16,23H,6-8,15,17-18H2,1-5H3,(H,30,33). The molecule has 2 rings (SSSR count). The minimum atomic E-state index is -0.648. The normalized spacial score (nSPS) is 12.2. The predicted molar refractivity (Wildman–Crippen MR) is 137 cm³/mol. The molecule has 1 unspecified atom stereocenters. The third-order valence-electron chi connectivity index (χ3n) is 5.63. The van der Waals surface area contributed by atoms with Gasteiger partial charge in [0, 0.05) is 13.1 Å². The summed E-state index contributed by atoms with van der Waals surface area (Å²) in [5, 5.41) is 2.93. The maximum absolute atomic E-state index is 13.4. The van der Waals surface area contributed by atoms with Crippen LogP contribution in [0.1, 0.15) is 65.0 Å². The first kappa shape index (κ1) is 27.8. The zero-order chi connectivity index (χ0) is 25.3. The van der Waals surface area contributed by atoms with Gasteiger partial charge in [-0.15, -0.1) is 0 Å². The molecule has 1 atom stereocenters. The van der Waals surface area contributed by atoms with E-state index in [-0.39, 0.29) is 36.2 Å². The maximum Gasteiger partial charge on any atom is 0.261 e. The SMILES string of the molecule is CCCCNC(=O)C(CC)N(Cc1ccc(F)cc1)C(=O)COc1ccc(C(C)(C)C)cc1Br. The molecule has 0 spiro atoms. The molecule has 0 aliphatic rings. The van der Waals surface area contributed by atoms with Gasteiger partial charge in [-0.05, 0) is 69.6 Å². The quantitative estimate of drug-likeness (QED) is 0.360. The van der Waals surface area contributed by atoms with Gasteiger partial charge in [0.1, 0.15) is 17.6 Å². The lowest BCUT2D eigenvalue weighted by molar-refractivity contribution is -0.143. The molecular formula is C27H36BrFN2O3. The Balaban J connectivity index is 2.20. The van der Waals surface area contributed by atoms with Crippen LogP contribution in [0.5, 0.6) is 5.75 Å². The molecule has 0 aliphatic heterocycles. The Morgan fingerprint density at radius 3 is 2.35 bits per heavy atom. The molecule has 5 nitrogen and oxygen atoms in total. The van der Waals surface area contributed by atoms with Crippen LogP contribution in [0.15, 0.2) is 46.9 Å². The number of rotatable bonds is 11. The van der Waals surface area contributed by atoms with Gasteiger partial charge >= 0.3 is 0 Å². The van der Waals surface area contributed by atoms with Crippen LogP contribution in [0.2, 0.25) is 0 Å². The smallest absolute Gasteiger partial charge is 0.261 e. The van der Waals surface area contributed by atoms with E-state index >= 15 is 0 Å². The van der Waals surface area contributed by atoms with Crippen LogP contribution >= 0.6 is 15.9 Å². The van der Waals surface area contributed by atoms with Crippen molar-refractivity contribution < 1.29 is 18.7 Å². The van der Waals surface area contributed by atoms with Gasteiger partial charge < -0.3 is 15.0 Å². The second-order valence-corrected chi connectivity index (χ2v) is 10.3. The summed E-state index contributed by atoms with van der Waals surface area (Å²) in [6.07, 6.45) is 2.29. The van der Waals surface area contributed by atoms with Crippen molar-refractivity contribution in [3.8, 4) is 5.75 Å². The second kappa shape index (κ2) is 12.9. The highest BCUT2D eigenvalue weighted by Gasteiger charge is 2.29. The van der Waals surface area contributed by atoms with E-state index < -0.39 is 6.04 Å². The van der Waals surface area contributed by atoms with Crippen LogP contribution in [0.3, 0.4) is 0 Å². The van der Waals surface area contributed by atoms with E-state index in [0.29, 0.717) is 18.7 Å². The fourth-order valence-corrected chi connectivity index (χ4v) is 4.01. The fourth-order valence-electron chi connectivity index (χ4n) is 3.52. The van der Waals surface area contributed by atoms with E-state index in [1.54, 1.807) is 12.1 Å². The van der Waals surface area contributed by atoms with E-state index in [1.165, 1.54) is 17.0 Å². The number of unbranched alkanes of at least 4 members (excludes halogenated alkanes) is 1. The summed E-state index contributed by atoms with van der Waals surface area (Å²) in [7, 11) is 0. The van der Waals surface area contributed by atoms with Crippen molar-refractivity contribution >= 4 is 27.7 Å². The molecule has 0 aliphatic carbocycles. The minimum Gasteiger partial charge on any atom is -0.483 e. The lowest BCUT2D eigenvalue weighted by atomic mass is 9.87. The molecule has 0 radical (unpaired) electrons. The van der Waals surface area contributed by atoms with Crippen molar-refractivity contribution in [2.45, 2.75) is 71.9 Å². The van der Waals surface area contributed by atoms with Gasteiger partial charge in [0.25, 0.3) is 5.91 Å². The topological polar surface area (TPSA) is 58.6 Å². The van der Waals surface area contributed by atoms with E-state index in [0.717, 1.165) is 28.4 Å². The van der Waals surface area contributed by atoms with E-state index in [4.69, 9.17) is 4.74 Å². The van der Waals surface area contributed by atoms with Crippen LogP contribution in [0, 0.1) is 5.82 Å². The number of carbonyl (C=O) groups is 2. The van der Waals surface area contributed by atoms with Gasteiger partial charge in [0.05, 0.1) is 4.47 Å². The van der Waals surface area contributed by atoms with Crippen molar-refractivity contribution in [2.24, 2.45) is 0 Å². The molecule has 1 N–H and O–H groups in total. The van der Waals surface area contributed by atoms with Gasteiger partial charge in [-0.1, -0.05) is 59.2 Å². The summed E-state index contributed by atoms with van der Waals surface area (Å²) >= 11 is 3.54. The molecule has 2 amide bonds. The summed E-state index contributed by atoms with van der Waals surface area (Å²) in [6.45, 7) is 10.8. The van der Waals surface area contributed by atoms with Gasteiger partial charge in [-0.3, -0.25) is 9.59 Å². The lowest BCUT2D eigenvalue weighted by Crippen LogP contribution is -2.50. The number of ether oxygens (including phenoxy) is 1. The van der Waals surface area contributed by atoms with Gasteiger partial charge in [0.15, 0.2) is 6.61 Å². The Kier molecular flexibility index (Phi) is 10.5. The molecule has 0 aromatic heterocycles. The Morgan fingerprint density at radius 2 is 1.79 bits per heavy atom. The number of hydrogen-bond acceptors (Lipinski definition) is 3. The first-order valence-electron chi connectivity index (χ1n) is 11.8. The summed E-state index contributed by atoms with van der Waals surface area (Å²) in [4.78, 5) is 27.7. The third-order valence-corrected chi connectivity index (χ3v) is 6.25. The molecule has 2 aromatic rings. The Hall–Kier alpha value is -2.41. The number of hydrogen-bond donors (Lipinski definition) is 1. The molecule has 0 saturated carbocycles. The van der Waals surface area contributed by atoms with Gasteiger partial charge in [-0.25, -0.2) is 4.39 Å². The Morgan fingerprint density at radius 1 is 1.12 bits per heavy atom.